The van der Waals surface area contributed by atoms with Gasteiger partial charge >= 0.3 is 0 Å². The number of nitrogens with one attached hydrogen (secondary N) is 1. The number of hydrogen-bond donors (Lipinski definition) is 1. The molecule has 0 saturated carbocycles. The van der Waals surface area contributed by atoms with Crippen LogP contribution in [0, 0.1) is 0 Å². The van der Waals surface area contributed by atoms with Crippen molar-refractivity contribution < 1.29 is 27.1 Å². The number of carbonyl (C=O) groups excluding carboxylic acids is 1. The largest absolute Gasteiger partial charge is 0.470 e. The van der Waals surface area contributed by atoms with Crippen LogP contribution in [-0.4, -0.2) is 74.8 Å². The highest BCUT2D eigenvalue weighted by Gasteiger charge is 2.35. The highest BCUT2D eigenvalue weighted by Crippen LogP contribution is 2.26. The van der Waals surface area contributed by atoms with Crippen molar-refractivity contribution in [1.29, 1.82) is 0 Å². The summed E-state index contributed by atoms with van der Waals surface area (Å²) in [5.74, 6) is 0.649. The van der Waals surface area contributed by atoms with Crippen LogP contribution in [0.5, 0.6) is 5.88 Å². The number of alkyl halides is 4. The first-order valence-electron chi connectivity index (χ1n) is 11.2. The summed E-state index contributed by atoms with van der Waals surface area (Å²) in [6.45, 7) is 3.00. The summed E-state index contributed by atoms with van der Waals surface area (Å²) < 4.78 is 59.4. The van der Waals surface area contributed by atoms with E-state index in [0.717, 1.165) is 17.8 Å². The average molecular weight is 506 g/mol. The Bertz CT molecular complexity index is 1210. The summed E-state index contributed by atoms with van der Waals surface area (Å²) in [5, 5.41) is 18.4. The molecule has 1 N–H and O–H groups in total. The number of rotatable bonds is 7. The summed E-state index contributed by atoms with van der Waals surface area (Å²) in [7, 11) is 0. The summed E-state index contributed by atoms with van der Waals surface area (Å²) in [4.78, 5) is 16.3. The summed E-state index contributed by atoms with van der Waals surface area (Å²) in [6, 6.07) is 8.06. The maximum atomic E-state index is 13.5. The Hall–Kier alpha value is -3.81. The van der Waals surface area contributed by atoms with Crippen LogP contribution >= 0.6 is 0 Å². The zero-order chi connectivity index (χ0) is 25.2. The lowest BCUT2D eigenvalue weighted by Crippen LogP contribution is -2.64. The van der Waals surface area contributed by atoms with Crippen LogP contribution in [0.3, 0.4) is 0 Å². The van der Waals surface area contributed by atoms with E-state index in [2.05, 4.69) is 30.7 Å². The van der Waals surface area contributed by atoms with Crippen LogP contribution in [0.25, 0.3) is 5.69 Å². The van der Waals surface area contributed by atoms with Gasteiger partial charge in [-0.15, -0.1) is 15.3 Å². The summed E-state index contributed by atoms with van der Waals surface area (Å²) >= 11 is 0. The Morgan fingerprint density at radius 3 is 2.47 bits per heavy atom. The molecule has 1 atom stereocenters. The van der Waals surface area contributed by atoms with Crippen LogP contribution in [0.15, 0.2) is 36.4 Å². The van der Waals surface area contributed by atoms with Crippen molar-refractivity contribution >= 4 is 11.7 Å². The third-order valence-corrected chi connectivity index (χ3v) is 6.19. The summed E-state index contributed by atoms with van der Waals surface area (Å²) in [6.07, 6.45) is -5.57. The molecule has 0 spiro atoms. The van der Waals surface area contributed by atoms with Gasteiger partial charge in [-0.05, 0) is 18.2 Å². The number of carbonyl (C=O) groups is 1. The Labute approximate surface area is 202 Å². The molecule has 2 aromatic heterocycles. The third kappa shape index (κ3) is 4.80. The minimum atomic E-state index is -2.91. The van der Waals surface area contributed by atoms with Gasteiger partial charge in [0.25, 0.3) is 12.9 Å². The highest BCUT2D eigenvalue weighted by atomic mass is 19.3. The van der Waals surface area contributed by atoms with Gasteiger partial charge in [-0.3, -0.25) is 9.69 Å². The minimum absolute atomic E-state index is 0.0113. The molecular weight excluding hydrogens is 484 g/mol. The molecule has 36 heavy (non-hydrogen) atoms. The molecule has 5 rings (SSSR count). The van der Waals surface area contributed by atoms with Crippen LogP contribution in [0.2, 0.25) is 0 Å². The number of aromatic nitrogens is 5. The molecule has 0 bridgehead atoms. The maximum absolute atomic E-state index is 13.5. The molecule has 0 unspecified atom stereocenters. The maximum Gasteiger partial charge on any atom is 0.284 e. The Balaban J connectivity index is 1.28. The molecule has 4 heterocycles. The van der Waals surface area contributed by atoms with Gasteiger partial charge in [-0.1, -0.05) is 17.3 Å². The zero-order valence-corrected chi connectivity index (χ0v) is 18.9. The van der Waals surface area contributed by atoms with Gasteiger partial charge < -0.3 is 15.0 Å². The normalized spacial score (nSPS) is 18.4. The zero-order valence-electron chi connectivity index (χ0n) is 18.9. The first-order valence-corrected chi connectivity index (χ1v) is 11.2. The predicted molar refractivity (Wildman–Crippen MR) is 118 cm³/mol. The van der Waals surface area contributed by atoms with E-state index in [1.807, 2.05) is 4.90 Å². The van der Waals surface area contributed by atoms with Gasteiger partial charge in [0.2, 0.25) is 11.8 Å². The van der Waals surface area contributed by atoms with Crippen molar-refractivity contribution in [2.24, 2.45) is 0 Å². The second-order valence-corrected chi connectivity index (χ2v) is 8.33. The van der Waals surface area contributed by atoms with Crippen molar-refractivity contribution in [3.8, 4) is 11.6 Å². The van der Waals surface area contributed by atoms with Crippen molar-refractivity contribution in [2.45, 2.75) is 25.5 Å². The number of hydrogen-bond acceptors (Lipinski definition) is 8. The number of piperazine rings is 2. The monoisotopic (exact) mass is 506 g/mol. The van der Waals surface area contributed by atoms with Crippen LogP contribution in [0.1, 0.15) is 29.8 Å². The van der Waals surface area contributed by atoms with Gasteiger partial charge in [-0.2, -0.15) is 0 Å². The van der Waals surface area contributed by atoms with Crippen molar-refractivity contribution in [1.82, 2.24) is 35.4 Å². The summed E-state index contributed by atoms with van der Waals surface area (Å²) in [5.41, 5.74) is -0.544. The fourth-order valence-electron chi connectivity index (χ4n) is 4.27. The number of ether oxygens (including phenoxy) is 1. The quantitative estimate of drug-likeness (QED) is 0.487. The number of fused-ring (bicyclic) bond motifs is 1. The molecule has 2 saturated heterocycles. The van der Waals surface area contributed by atoms with E-state index in [0.29, 0.717) is 25.5 Å². The van der Waals surface area contributed by atoms with E-state index >= 15 is 0 Å². The molecule has 2 aliphatic rings. The van der Waals surface area contributed by atoms with E-state index in [-0.39, 0.29) is 41.4 Å². The first-order chi connectivity index (χ1) is 17.4. The van der Waals surface area contributed by atoms with Gasteiger partial charge in [0.1, 0.15) is 18.3 Å². The number of nitrogens with zero attached hydrogens (tertiary/aromatic N) is 7. The molecule has 190 valence electrons. The van der Waals surface area contributed by atoms with E-state index in [1.54, 1.807) is 12.1 Å². The van der Waals surface area contributed by atoms with Crippen molar-refractivity contribution in [2.75, 3.05) is 37.6 Å². The SMILES string of the molecule is O=C1NCCN2CCN(c3ccc(OCc4c(C(F)F)nnn4-c4ccc(C(F)F)cc4)nn3)C[C@@H]12. The first kappa shape index (κ1) is 23.9. The van der Waals surface area contributed by atoms with Gasteiger partial charge in [-0.25, -0.2) is 22.2 Å². The number of anilines is 1. The minimum Gasteiger partial charge on any atom is -0.470 e. The number of benzene rings is 1. The lowest BCUT2D eigenvalue weighted by atomic mass is 10.1. The van der Waals surface area contributed by atoms with Gasteiger partial charge in [0.15, 0.2) is 11.5 Å². The molecule has 10 nitrogen and oxygen atoms in total. The molecular formula is C22H22F4N8O2. The second-order valence-electron chi connectivity index (χ2n) is 8.33. The van der Waals surface area contributed by atoms with Crippen LogP contribution < -0.4 is 15.0 Å². The molecule has 0 radical (unpaired) electrons. The van der Waals surface area contributed by atoms with Crippen LogP contribution in [0.4, 0.5) is 23.4 Å². The Kier molecular flexibility index (Phi) is 6.67. The molecule has 14 heteroatoms. The van der Waals surface area contributed by atoms with Crippen molar-refractivity contribution in [3.63, 3.8) is 0 Å². The predicted octanol–water partition coefficient (Wildman–Crippen LogP) is 2.13. The lowest BCUT2D eigenvalue weighted by Gasteiger charge is -2.43. The lowest BCUT2D eigenvalue weighted by molar-refractivity contribution is -0.129. The molecule has 0 aliphatic carbocycles. The Morgan fingerprint density at radius 2 is 1.78 bits per heavy atom. The fraction of sp³-hybridized carbons (Fsp3) is 0.409. The van der Waals surface area contributed by atoms with E-state index in [4.69, 9.17) is 4.74 Å². The van der Waals surface area contributed by atoms with E-state index in [9.17, 15) is 22.4 Å². The third-order valence-electron chi connectivity index (χ3n) is 6.19. The van der Waals surface area contributed by atoms with E-state index in [1.165, 1.54) is 24.3 Å². The molecule has 2 aliphatic heterocycles. The van der Waals surface area contributed by atoms with Gasteiger partial charge in [0.05, 0.1) is 5.69 Å². The van der Waals surface area contributed by atoms with Gasteiger partial charge in [0, 0.05) is 44.4 Å². The van der Waals surface area contributed by atoms with Crippen molar-refractivity contribution in [3.05, 3.63) is 53.3 Å². The van der Waals surface area contributed by atoms with Crippen LogP contribution in [-0.2, 0) is 11.4 Å². The smallest absolute Gasteiger partial charge is 0.284 e. The van der Waals surface area contributed by atoms with E-state index < -0.39 is 18.5 Å². The topological polar surface area (TPSA) is 101 Å². The average Bonchev–Trinajstić information content (AvgIpc) is 3.32. The number of amides is 1. The molecule has 1 amide bonds. The molecule has 1 aromatic carbocycles. The fourth-order valence-corrected chi connectivity index (χ4v) is 4.27. The Morgan fingerprint density at radius 1 is 0.972 bits per heavy atom. The highest BCUT2D eigenvalue weighted by molar-refractivity contribution is 5.83. The molecule has 3 aromatic rings. The standard InChI is InChI=1S/C22H22F4N8O2/c23-20(24)13-1-3-14(4-2-13)34-16(19(21(25)26)30-31-34)12-36-18-6-5-17(28-29-18)33-10-9-32-8-7-27-22(35)15(32)11-33/h1-6,15,20-21H,7-12H2,(H,27,35)/t15-/m0/s1. The molecule has 2 fully saturated rings. The second kappa shape index (κ2) is 10.0. The number of halogens is 4.